The molecular formula is C11H24K2O. The SMILES string of the molecule is CCCCCCCCCCC=O.[H-].[H-].[K+].[K+]. The predicted octanol–water partition coefficient (Wildman–Crippen LogP) is -2.05. The zero-order chi connectivity index (χ0) is 9.07. The minimum Gasteiger partial charge on any atom is -1.00 e. The third kappa shape index (κ3) is 20.4. The Morgan fingerprint density at radius 3 is 1.71 bits per heavy atom. The molecule has 0 aromatic heterocycles. The second kappa shape index (κ2) is 21.3. The van der Waals surface area contributed by atoms with Gasteiger partial charge in [0.2, 0.25) is 0 Å². The van der Waals surface area contributed by atoms with Gasteiger partial charge >= 0.3 is 103 Å². The molecule has 0 heterocycles. The molecule has 76 valence electrons. The molecule has 0 amide bonds. The van der Waals surface area contributed by atoms with Crippen LogP contribution in [0.5, 0.6) is 0 Å². The molecule has 0 aromatic carbocycles. The van der Waals surface area contributed by atoms with Gasteiger partial charge in [-0.15, -0.1) is 0 Å². The summed E-state index contributed by atoms with van der Waals surface area (Å²) in [5.41, 5.74) is 0. The fourth-order valence-electron chi connectivity index (χ4n) is 1.36. The van der Waals surface area contributed by atoms with Crippen LogP contribution in [0.3, 0.4) is 0 Å². The molecule has 1 nitrogen and oxygen atoms in total. The van der Waals surface area contributed by atoms with Crippen LogP contribution in [0.25, 0.3) is 0 Å². The molecule has 0 aliphatic rings. The fourth-order valence-corrected chi connectivity index (χ4v) is 1.36. The minimum atomic E-state index is 0. The van der Waals surface area contributed by atoms with E-state index in [1.54, 1.807) is 0 Å². The van der Waals surface area contributed by atoms with Gasteiger partial charge in [0.1, 0.15) is 6.29 Å². The molecular weight excluding hydrogens is 226 g/mol. The van der Waals surface area contributed by atoms with Crippen molar-refractivity contribution in [2.45, 2.75) is 64.7 Å². The number of hydrogen-bond donors (Lipinski definition) is 0. The van der Waals surface area contributed by atoms with Crippen molar-refractivity contribution < 1.29 is 110 Å². The monoisotopic (exact) mass is 250 g/mol. The Bertz CT molecular complexity index is 106. The summed E-state index contributed by atoms with van der Waals surface area (Å²) >= 11 is 0. The molecule has 0 spiro atoms. The first-order chi connectivity index (χ1) is 5.91. The van der Waals surface area contributed by atoms with E-state index in [4.69, 9.17) is 0 Å². The molecule has 0 unspecified atom stereocenters. The van der Waals surface area contributed by atoms with Crippen molar-refractivity contribution in [3.05, 3.63) is 0 Å². The standard InChI is InChI=1S/C11H22O.2K.2H/c1-2-3-4-5-6-7-8-9-10-11-12;;;;/h11H,2-10H2,1H3;;;;/q;2*+1;2*-1. The van der Waals surface area contributed by atoms with E-state index in [1.165, 1.54) is 44.9 Å². The number of aldehydes is 1. The summed E-state index contributed by atoms with van der Waals surface area (Å²) in [4.78, 5) is 9.98. The first kappa shape index (κ1) is 22.2. The number of carbonyl (C=O) groups is 1. The maximum atomic E-state index is 9.98. The van der Waals surface area contributed by atoms with Crippen LogP contribution in [-0.4, -0.2) is 6.29 Å². The zero-order valence-corrected chi connectivity index (χ0v) is 16.6. The van der Waals surface area contributed by atoms with Crippen LogP contribution in [0.4, 0.5) is 0 Å². The van der Waals surface area contributed by atoms with E-state index in [0.717, 1.165) is 19.1 Å². The van der Waals surface area contributed by atoms with Gasteiger partial charge in [0.25, 0.3) is 0 Å². The normalized spacial score (nSPS) is 8.64. The number of unbranched alkanes of at least 4 members (excludes halogenated alkanes) is 8. The third-order valence-corrected chi connectivity index (χ3v) is 2.18. The Morgan fingerprint density at radius 1 is 0.857 bits per heavy atom. The molecule has 0 radical (unpaired) electrons. The topological polar surface area (TPSA) is 17.1 Å². The van der Waals surface area contributed by atoms with E-state index in [9.17, 15) is 4.79 Å². The first-order valence-electron chi connectivity index (χ1n) is 5.35. The van der Waals surface area contributed by atoms with Gasteiger partial charge in [0.05, 0.1) is 0 Å². The van der Waals surface area contributed by atoms with Crippen molar-refractivity contribution in [1.29, 1.82) is 0 Å². The van der Waals surface area contributed by atoms with Crippen molar-refractivity contribution in [2.75, 3.05) is 0 Å². The molecule has 0 N–H and O–H groups in total. The molecule has 0 atom stereocenters. The molecule has 0 rings (SSSR count). The second-order valence-corrected chi connectivity index (χ2v) is 3.43. The van der Waals surface area contributed by atoms with Crippen LogP contribution in [-0.2, 0) is 4.79 Å². The maximum absolute atomic E-state index is 9.98. The summed E-state index contributed by atoms with van der Waals surface area (Å²) in [5.74, 6) is 0. The molecule has 0 bridgehead atoms. The zero-order valence-electron chi connectivity index (χ0n) is 12.3. The number of carbonyl (C=O) groups excluding carboxylic acids is 1. The van der Waals surface area contributed by atoms with E-state index < -0.39 is 0 Å². The summed E-state index contributed by atoms with van der Waals surface area (Å²) < 4.78 is 0. The maximum Gasteiger partial charge on any atom is 1.00 e. The van der Waals surface area contributed by atoms with Gasteiger partial charge in [-0.05, 0) is 6.42 Å². The molecule has 3 heteroatoms. The largest absolute Gasteiger partial charge is 1.00 e. The first-order valence-corrected chi connectivity index (χ1v) is 5.35. The summed E-state index contributed by atoms with van der Waals surface area (Å²) in [6.07, 6.45) is 12.3. The summed E-state index contributed by atoms with van der Waals surface area (Å²) in [6.45, 7) is 2.24. The van der Waals surface area contributed by atoms with Gasteiger partial charge in [0.15, 0.2) is 0 Å². The Kier molecular flexibility index (Phi) is 33.6. The summed E-state index contributed by atoms with van der Waals surface area (Å²) in [7, 11) is 0. The quantitative estimate of drug-likeness (QED) is 0.262. The van der Waals surface area contributed by atoms with Crippen LogP contribution in [0.2, 0.25) is 0 Å². The third-order valence-electron chi connectivity index (χ3n) is 2.18. The van der Waals surface area contributed by atoms with Crippen LogP contribution in [0.1, 0.15) is 67.6 Å². The Balaban J connectivity index is -0.000000101. The van der Waals surface area contributed by atoms with Crippen LogP contribution < -0.4 is 103 Å². The average Bonchev–Trinajstić information content (AvgIpc) is 2.10. The van der Waals surface area contributed by atoms with Crippen molar-refractivity contribution in [1.82, 2.24) is 0 Å². The van der Waals surface area contributed by atoms with Gasteiger partial charge in [-0.1, -0.05) is 51.9 Å². The van der Waals surface area contributed by atoms with Crippen molar-refractivity contribution >= 4 is 6.29 Å². The van der Waals surface area contributed by atoms with Crippen LogP contribution in [0, 0.1) is 0 Å². The average molecular weight is 251 g/mol. The molecule has 0 aliphatic heterocycles. The summed E-state index contributed by atoms with van der Waals surface area (Å²) in [6, 6.07) is 0. The van der Waals surface area contributed by atoms with Gasteiger partial charge in [0, 0.05) is 6.42 Å². The molecule has 0 fully saturated rings. The van der Waals surface area contributed by atoms with E-state index in [0.29, 0.717) is 0 Å². The van der Waals surface area contributed by atoms with Gasteiger partial charge in [-0.3, -0.25) is 0 Å². The molecule has 0 aromatic rings. The number of hydrogen-bond acceptors (Lipinski definition) is 1. The summed E-state index contributed by atoms with van der Waals surface area (Å²) in [5, 5.41) is 0. The Hall–Kier alpha value is 2.94. The van der Waals surface area contributed by atoms with Crippen LogP contribution in [0.15, 0.2) is 0 Å². The van der Waals surface area contributed by atoms with E-state index >= 15 is 0 Å². The van der Waals surface area contributed by atoms with Crippen molar-refractivity contribution in [2.24, 2.45) is 0 Å². The van der Waals surface area contributed by atoms with Crippen molar-refractivity contribution in [3.63, 3.8) is 0 Å². The second-order valence-electron chi connectivity index (χ2n) is 3.43. The Labute approximate surface area is 177 Å². The van der Waals surface area contributed by atoms with Crippen molar-refractivity contribution in [3.8, 4) is 0 Å². The molecule has 14 heavy (non-hydrogen) atoms. The molecule has 0 saturated carbocycles. The van der Waals surface area contributed by atoms with E-state index in [1.807, 2.05) is 0 Å². The minimum absolute atomic E-state index is 0. The van der Waals surface area contributed by atoms with Gasteiger partial charge in [-0.2, -0.15) is 0 Å². The smallest absolute Gasteiger partial charge is 1.00 e. The molecule has 0 saturated heterocycles. The van der Waals surface area contributed by atoms with Crippen LogP contribution >= 0.6 is 0 Å². The van der Waals surface area contributed by atoms with E-state index in [-0.39, 0.29) is 106 Å². The molecule has 0 aliphatic carbocycles. The fraction of sp³-hybridized carbons (Fsp3) is 0.909. The van der Waals surface area contributed by atoms with Gasteiger partial charge in [-0.25, -0.2) is 0 Å². The number of rotatable bonds is 9. The van der Waals surface area contributed by atoms with E-state index in [2.05, 4.69) is 6.92 Å². The van der Waals surface area contributed by atoms with Gasteiger partial charge < -0.3 is 7.65 Å². The predicted molar refractivity (Wildman–Crippen MR) is 55.5 cm³/mol. The Morgan fingerprint density at radius 2 is 1.29 bits per heavy atom.